The van der Waals surface area contributed by atoms with Gasteiger partial charge in [-0.25, -0.2) is 13.4 Å². The molecule has 2 aromatic rings. The number of hydrogen-bond acceptors (Lipinski definition) is 5. The summed E-state index contributed by atoms with van der Waals surface area (Å²) in [5.41, 5.74) is 5.90. The Balaban J connectivity index is 2.27. The molecular weight excluding hydrogens is 302 g/mol. The summed E-state index contributed by atoms with van der Waals surface area (Å²) in [7, 11) is -2.22. The van der Waals surface area contributed by atoms with Gasteiger partial charge in [0.25, 0.3) is 0 Å². The smallest absolute Gasteiger partial charge is 0.243 e. The zero-order valence-electron chi connectivity index (χ0n) is 11.0. The van der Waals surface area contributed by atoms with Crippen LogP contribution in [0.15, 0.2) is 23.1 Å². The Morgan fingerprint density at radius 3 is 2.70 bits per heavy atom. The predicted molar refractivity (Wildman–Crippen MR) is 75.6 cm³/mol. The maximum absolute atomic E-state index is 12.4. The van der Waals surface area contributed by atoms with Crippen LogP contribution in [0, 0.1) is 6.92 Å². The number of nitrogens with one attached hydrogen (secondary N) is 1. The molecule has 0 spiro atoms. The van der Waals surface area contributed by atoms with Crippen molar-refractivity contribution in [2.75, 3.05) is 12.8 Å². The van der Waals surface area contributed by atoms with E-state index in [0.717, 1.165) is 4.31 Å². The number of anilines is 1. The van der Waals surface area contributed by atoms with E-state index < -0.39 is 10.0 Å². The first kappa shape index (κ1) is 14.8. The fraction of sp³-hybridized carbons (Fsp3) is 0.273. The Labute approximate surface area is 121 Å². The lowest BCUT2D eigenvalue weighted by atomic mass is 10.3. The zero-order valence-corrected chi connectivity index (χ0v) is 12.5. The van der Waals surface area contributed by atoms with Crippen molar-refractivity contribution < 1.29 is 8.42 Å². The van der Waals surface area contributed by atoms with Crippen LogP contribution in [0.4, 0.5) is 5.69 Å². The molecule has 1 aromatic heterocycles. The molecule has 9 heteroatoms. The van der Waals surface area contributed by atoms with Gasteiger partial charge < -0.3 is 5.73 Å². The van der Waals surface area contributed by atoms with Crippen LogP contribution in [0.1, 0.15) is 11.6 Å². The number of nitrogens with two attached hydrogens (primary N) is 1. The van der Waals surface area contributed by atoms with Crippen molar-refractivity contribution in [3.8, 4) is 0 Å². The van der Waals surface area contributed by atoms with Crippen LogP contribution in [0.3, 0.4) is 0 Å². The molecule has 3 N–H and O–H groups in total. The number of H-pyrrole nitrogens is 1. The molecule has 0 fully saturated rings. The summed E-state index contributed by atoms with van der Waals surface area (Å²) in [4.78, 5) is 4.15. The first-order chi connectivity index (χ1) is 9.30. The molecule has 1 heterocycles. The molecule has 0 saturated heterocycles. The minimum atomic E-state index is -3.67. The van der Waals surface area contributed by atoms with Gasteiger partial charge in [-0.05, 0) is 25.1 Å². The number of benzene rings is 1. The minimum absolute atomic E-state index is 0.0642. The Bertz CT molecular complexity index is 728. The second-order valence-corrected chi connectivity index (χ2v) is 6.73. The third-order valence-corrected chi connectivity index (χ3v) is 4.81. The van der Waals surface area contributed by atoms with Crippen LogP contribution in [-0.2, 0) is 16.6 Å². The molecule has 20 heavy (non-hydrogen) atoms. The topological polar surface area (TPSA) is 105 Å². The predicted octanol–water partition coefficient (Wildman–Crippen LogP) is 1.17. The lowest BCUT2D eigenvalue weighted by Gasteiger charge is -2.15. The SMILES string of the molecule is Cc1nc(CN(C)S(=O)(=O)c2ccc(N)c(Cl)c2)n[nH]1. The number of aryl methyl sites for hydroxylation is 1. The highest BCUT2D eigenvalue weighted by Crippen LogP contribution is 2.24. The van der Waals surface area contributed by atoms with Crippen molar-refractivity contribution in [3.05, 3.63) is 34.9 Å². The Morgan fingerprint density at radius 1 is 1.45 bits per heavy atom. The number of halogens is 1. The molecule has 7 nitrogen and oxygen atoms in total. The van der Waals surface area contributed by atoms with Crippen molar-refractivity contribution >= 4 is 27.3 Å². The molecular formula is C11H14ClN5O2S. The molecule has 0 unspecified atom stereocenters. The summed E-state index contributed by atoms with van der Waals surface area (Å²) >= 11 is 5.85. The lowest BCUT2D eigenvalue weighted by molar-refractivity contribution is 0.457. The molecule has 0 atom stereocenters. The maximum Gasteiger partial charge on any atom is 0.243 e. The van der Waals surface area contributed by atoms with Crippen molar-refractivity contribution in [2.24, 2.45) is 0 Å². The zero-order chi connectivity index (χ0) is 14.9. The van der Waals surface area contributed by atoms with Gasteiger partial charge in [0.1, 0.15) is 5.82 Å². The standard InChI is InChI=1S/C11H14ClN5O2S/c1-7-14-11(16-15-7)6-17(2)20(18,19)8-3-4-10(13)9(12)5-8/h3-5H,6,13H2,1-2H3,(H,14,15,16). The van der Waals surface area contributed by atoms with Crippen LogP contribution >= 0.6 is 11.6 Å². The monoisotopic (exact) mass is 315 g/mol. The van der Waals surface area contributed by atoms with Gasteiger partial charge in [0.05, 0.1) is 22.2 Å². The van der Waals surface area contributed by atoms with Crippen molar-refractivity contribution in [2.45, 2.75) is 18.4 Å². The highest BCUT2D eigenvalue weighted by Gasteiger charge is 2.22. The molecule has 0 aliphatic heterocycles. The molecule has 0 radical (unpaired) electrons. The molecule has 108 valence electrons. The fourth-order valence-corrected chi connectivity index (χ4v) is 2.99. The number of nitrogens with zero attached hydrogens (tertiary/aromatic N) is 3. The Hall–Kier alpha value is -1.64. The summed E-state index contributed by atoms with van der Waals surface area (Å²) in [6.07, 6.45) is 0. The minimum Gasteiger partial charge on any atom is -0.398 e. The van der Waals surface area contributed by atoms with Gasteiger partial charge in [0.2, 0.25) is 10.0 Å². The maximum atomic E-state index is 12.4. The van der Waals surface area contributed by atoms with E-state index in [1.165, 1.54) is 25.2 Å². The Morgan fingerprint density at radius 2 is 2.15 bits per heavy atom. The summed E-state index contributed by atoms with van der Waals surface area (Å²) < 4.78 is 25.9. The average Bonchev–Trinajstić information content (AvgIpc) is 2.78. The van der Waals surface area contributed by atoms with E-state index in [4.69, 9.17) is 17.3 Å². The quantitative estimate of drug-likeness (QED) is 0.824. The normalized spacial score (nSPS) is 12.0. The van der Waals surface area contributed by atoms with Crippen LogP contribution in [0.5, 0.6) is 0 Å². The second-order valence-electron chi connectivity index (χ2n) is 4.28. The fourth-order valence-electron chi connectivity index (χ4n) is 1.59. The second kappa shape index (κ2) is 5.39. The molecule has 0 aliphatic rings. The highest BCUT2D eigenvalue weighted by atomic mass is 35.5. The average molecular weight is 316 g/mol. The van der Waals surface area contributed by atoms with Crippen molar-refractivity contribution in [3.63, 3.8) is 0 Å². The molecule has 1 aromatic carbocycles. The van der Waals surface area contributed by atoms with Gasteiger partial charge in [-0.2, -0.15) is 9.40 Å². The Kier molecular flexibility index (Phi) is 3.98. The van der Waals surface area contributed by atoms with E-state index in [1.807, 2.05) is 0 Å². The summed E-state index contributed by atoms with van der Waals surface area (Å²) in [6, 6.07) is 4.20. The number of nitrogen functional groups attached to an aromatic ring is 1. The third kappa shape index (κ3) is 2.92. The van der Waals surface area contributed by atoms with Gasteiger partial charge in [-0.1, -0.05) is 11.6 Å². The molecule has 0 saturated carbocycles. The van der Waals surface area contributed by atoms with Crippen LogP contribution in [0.25, 0.3) is 0 Å². The van der Waals surface area contributed by atoms with Crippen LogP contribution < -0.4 is 5.73 Å². The van der Waals surface area contributed by atoms with E-state index in [0.29, 0.717) is 17.3 Å². The van der Waals surface area contributed by atoms with Gasteiger partial charge in [0, 0.05) is 7.05 Å². The first-order valence-corrected chi connectivity index (χ1v) is 7.52. The number of sulfonamides is 1. The van der Waals surface area contributed by atoms with Crippen molar-refractivity contribution in [1.29, 1.82) is 0 Å². The van der Waals surface area contributed by atoms with E-state index >= 15 is 0 Å². The van der Waals surface area contributed by atoms with E-state index in [2.05, 4.69) is 15.2 Å². The van der Waals surface area contributed by atoms with Gasteiger partial charge in [-0.15, -0.1) is 0 Å². The molecule has 2 rings (SSSR count). The van der Waals surface area contributed by atoms with E-state index in [-0.39, 0.29) is 16.5 Å². The van der Waals surface area contributed by atoms with Crippen LogP contribution in [-0.4, -0.2) is 35.0 Å². The van der Waals surface area contributed by atoms with Gasteiger partial charge in [0.15, 0.2) is 5.82 Å². The van der Waals surface area contributed by atoms with Crippen LogP contribution in [0.2, 0.25) is 5.02 Å². The summed E-state index contributed by atoms with van der Waals surface area (Å²) in [5.74, 6) is 1.02. The molecule has 0 amide bonds. The first-order valence-electron chi connectivity index (χ1n) is 5.70. The number of hydrogen-bond donors (Lipinski definition) is 2. The number of rotatable bonds is 4. The molecule has 0 aliphatic carbocycles. The third-order valence-electron chi connectivity index (χ3n) is 2.69. The van der Waals surface area contributed by atoms with E-state index in [1.54, 1.807) is 6.92 Å². The summed E-state index contributed by atoms with van der Waals surface area (Å²) in [6.45, 7) is 1.80. The summed E-state index contributed by atoms with van der Waals surface area (Å²) in [5, 5.41) is 6.77. The largest absolute Gasteiger partial charge is 0.398 e. The number of aromatic nitrogens is 3. The van der Waals surface area contributed by atoms with Gasteiger partial charge >= 0.3 is 0 Å². The van der Waals surface area contributed by atoms with Crippen molar-refractivity contribution in [1.82, 2.24) is 19.5 Å². The highest BCUT2D eigenvalue weighted by molar-refractivity contribution is 7.89. The molecule has 0 bridgehead atoms. The van der Waals surface area contributed by atoms with Gasteiger partial charge in [-0.3, -0.25) is 5.10 Å². The van der Waals surface area contributed by atoms with E-state index in [9.17, 15) is 8.42 Å². The number of aromatic amines is 1. The lowest BCUT2D eigenvalue weighted by Crippen LogP contribution is -2.27.